The number of likely N-dealkylation sites (N-methyl/N-ethyl adjacent to an activating group) is 2. The van der Waals surface area contributed by atoms with E-state index in [1.165, 1.54) is 5.19 Å². The van der Waals surface area contributed by atoms with E-state index in [0.29, 0.717) is 0 Å². The van der Waals surface area contributed by atoms with Gasteiger partial charge < -0.3 is 32.2 Å². The first-order valence-electron chi connectivity index (χ1n) is 10.8. The van der Waals surface area contributed by atoms with Crippen molar-refractivity contribution in [1.82, 2.24) is 18.9 Å². The number of piperazine rings is 2. The van der Waals surface area contributed by atoms with Crippen molar-refractivity contribution < 1.29 is 13.3 Å². The van der Waals surface area contributed by atoms with Gasteiger partial charge in [0.1, 0.15) is 0 Å². The molecule has 168 valence electrons. The van der Waals surface area contributed by atoms with Crippen molar-refractivity contribution in [1.29, 1.82) is 0 Å². The van der Waals surface area contributed by atoms with Gasteiger partial charge in [0.2, 0.25) is 0 Å². The lowest BCUT2D eigenvalue weighted by atomic mass is 10.4. The van der Waals surface area contributed by atoms with Gasteiger partial charge in [0.05, 0.1) is 0 Å². The van der Waals surface area contributed by atoms with Crippen molar-refractivity contribution in [3.05, 3.63) is 41.7 Å². The van der Waals surface area contributed by atoms with Crippen LogP contribution in [0.25, 0.3) is 0 Å². The quantitative estimate of drug-likeness (QED) is 0.529. The molecule has 2 heterocycles. The molecule has 30 heavy (non-hydrogen) atoms. The van der Waals surface area contributed by atoms with Gasteiger partial charge in [-0.3, -0.25) is 0 Å². The third kappa shape index (κ3) is 4.95. The van der Waals surface area contributed by atoms with E-state index in [0.717, 1.165) is 52.4 Å². The molecule has 1 aromatic rings. The third-order valence-electron chi connectivity index (χ3n) is 6.54. The molecule has 0 saturated carbocycles. The fourth-order valence-corrected chi connectivity index (χ4v) is 11.4. The van der Waals surface area contributed by atoms with Crippen LogP contribution in [0.15, 0.2) is 41.7 Å². The molecule has 2 aliphatic heterocycles. The van der Waals surface area contributed by atoms with Crippen LogP contribution in [-0.4, -0.2) is 124 Å². The summed E-state index contributed by atoms with van der Waals surface area (Å²) < 4.78 is 22.8. The summed E-state index contributed by atoms with van der Waals surface area (Å²) in [5, 5.41) is 1.42. The molecule has 0 aliphatic carbocycles. The third-order valence-corrected chi connectivity index (χ3v) is 13.8. The summed E-state index contributed by atoms with van der Waals surface area (Å²) in [5.74, 6) is 0. The predicted octanol–water partition coefficient (Wildman–Crippen LogP) is 0.343. The summed E-state index contributed by atoms with van der Waals surface area (Å²) >= 11 is 0. The maximum absolute atomic E-state index is 5.75. The molecule has 0 atom stereocenters. The van der Waals surface area contributed by atoms with Crippen molar-refractivity contribution in [3.63, 3.8) is 0 Å². The van der Waals surface area contributed by atoms with Crippen molar-refractivity contribution in [2.24, 2.45) is 0 Å². The Morgan fingerprint density at radius 1 is 0.667 bits per heavy atom. The number of hydrogen-bond acceptors (Lipinski definition) is 7. The summed E-state index contributed by atoms with van der Waals surface area (Å²) in [6, 6.07) is 11.1. The topological polar surface area (TPSA) is 40.7 Å². The Labute approximate surface area is 184 Å². The Bertz CT molecular complexity index is 644. The Kier molecular flexibility index (Phi) is 8.42. The fraction of sp³-hybridized carbons (Fsp3) is 0.619. The molecule has 7 nitrogen and oxygen atoms in total. The summed E-state index contributed by atoms with van der Waals surface area (Å²) in [5.41, 5.74) is 4.56. The Morgan fingerprint density at radius 3 is 1.50 bits per heavy atom. The lowest BCUT2D eigenvalue weighted by Gasteiger charge is -2.52. The van der Waals surface area contributed by atoms with Crippen molar-refractivity contribution in [3.8, 4) is 0 Å². The average molecular weight is 451 g/mol. The van der Waals surface area contributed by atoms with Gasteiger partial charge in [0.15, 0.2) is 0 Å². The van der Waals surface area contributed by atoms with E-state index in [-0.39, 0.29) is 0 Å². The molecule has 2 fully saturated rings. The van der Waals surface area contributed by atoms with Gasteiger partial charge in [0, 0.05) is 73.7 Å². The molecule has 9 heteroatoms. The largest absolute Gasteiger partial charge is 0.528 e. The van der Waals surface area contributed by atoms with Crippen molar-refractivity contribution in [2.45, 2.75) is 0 Å². The van der Waals surface area contributed by atoms with Crippen LogP contribution < -0.4 is 5.19 Å². The van der Waals surface area contributed by atoms with E-state index >= 15 is 0 Å². The van der Waals surface area contributed by atoms with Gasteiger partial charge in [-0.1, -0.05) is 36.0 Å². The van der Waals surface area contributed by atoms with E-state index < -0.39 is 17.2 Å². The Morgan fingerprint density at radius 2 is 1.10 bits per heavy atom. The molecular weight excluding hydrogens is 412 g/mol. The minimum atomic E-state index is -2.83. The normalized spacial score (nSPS) is 21.5. The summed E-state index contributed by atoms with van der Waals surface area (Å²) in [4.78, 5) is 4.85. The second-order valence-corrected chi connectivity index (χ2v) is 14.6. The zero-order valence-electron chi connectivity index (χ0n) is 19.2. The number of nitrogens with zero attached hydrogens (tertiary/aromatic N) is 4. The number of rotatable bonds is 8. The second kappa shape index (κ2) is 10.6. The highest BCUT2D eigenvalue weighted by Gasteiger charge is 2.48. The minimum Gasteiger partial charge on any atom is -0.374 e. The molecule has 0 N–H and O–H groups in total. The fourth-order valence-electron chi connectivity index (χ4n) is 4.52. The maximum atomic E-state index is 5.75. The summed E-state index contributed by atoms with van der Waals surface area (Å²) in [6.07, 6.45) is 0. The minimum absolute atomic E-state index is 1.07. The average Bonchev–Trinajstić information content (AvgIpc) is 2.80. The van der Waals surface area contributed by atoms with E-state index in [1.54, 1.807) is 21.3 Å². The molecule has 0 bridgehead atoms. The van der Waals surface area contributed by atoms with Crippen molar-refractivity contribution >= 4 is 22.4 Å². The van der Waals surface area contributed by atoms with Crippen LogP contribution in [0.2, 0.25) is 0 Å². The molecule has 2 aliphatic rings. The first kappa shape index (κ1) is 23.8. The Balaban J connectivity index is 2.10. The van der Waals surface area contributed by atoms with Crippen LogP contribution in [0.4, 0.5) is 0 Å². The van der Waals surface area contributed by atoms with Gasteiger partial charge >= 0.3 is 8.80 Å². The highest BCUT2D eigenvalue weighted by Crippen LogP contribution is 2.23. The first-order chi connectivity index (χ1) is 14.5. The molecule has 0 amide bonds. The Hall–Kier alpha value is -0.886. The molecule has 3 rings (SSSR count). The highest BCUT2D eigenvalue weighted by molar-refractivity contribution is 6.92. The van der Waals surface area contributed by atoms with E-state index in [4.69, 9.17) is 13.3 Å². The number of benzene rings is 1. The standard InChI is InChI=1S/C21H38N4O3Si2/c1-22-11-15-24(16-12-22)29(21-9-7-6-8-10-21,25-17-13-23(2)14-18-25)19-20-30(26-3,27-4)28-5/h6-10,19-20H,11-18H2,1-5H3/b20-19+. The number of hydrogen-bond donors (Lipinski definition) is 0. The van der Waals surface area contributed by atoms with Gasteiger partial charge in [-0.25, -0.2) is 0 Å². The van der Waals surface area contributed by atoms with E-state index in [9.17, 15) is 0 Å². The zero-order chi connectivity index (χ0) is 21.6. The van der Waals surface area contributed by atoms with Crippen LogP contribution in [0, 0.1) is 0 Å². The molecule has 1 aromatic carbocycles. The van der Waals surface area contributed by atoms with Crippen LogP contribution in [0.5, 0.6) is 0 Å². The molecule has 2 saturated heterocycles. The van der Waals surface area contributed by atoms with Crippen LogP contribution in [0.1, 0.15) is 0 Å². The predicted molar refractivity (Wildman–Crippen MR) is 126 cm³/mol. The van der Waals surface area contributed by atoms with Gasteiger partial charge in [0.25, 0.3) is 8.40 Å². The second-order valence-electron chi connectivity index (χ2n) is 8.22. The maximum Gasteiger partial charge on any atom is 0.528 e. The zero-order valence-corrected chi connectivity index (χ0v) is 21.2. The molecule has 0 radical (unpaired) electrons. The van der Waals surface area contributed by atoms with Gasteiger partial charge in [-0.15, -0.1) is 0 Å². The first-order valence-corrected chi connectivity index (χ1v) is 14.6. The van der Waals surface area contributed by atoms with Crippen LogP contribution >= 0.6 is 0 Å². The monoisotopic (exact) mass is 450 g/mol. The summed E-state index contributed by atoms with van der Waals surface area (Å²) in [7, 11) is 4.28. The van der Waals surface area contributed by atoms with Gasteiger partial charge in [-0.05, 0) is 25.0 Å². The highest BCUT2D eigenvalue weighted by atomic mass is 28.4. The molecule has 0 aromatic heterocycles. The molecular formula is C21H38N4O3Si2. The molecule has 0 unspecified atom stereocenters. The smallest absolute Gasteiger partial charge is 0.374 e. The molecule has 0 spiro atoms. The van der Waals surface area contributed by atoms with E-state index in [1.807, 2.05) is 0 Å². The lowest BCUT2D eigenvalue weighted by molar-refractivity contribution is 0.138. The SMILES string of the molecule is CO[Si](/C=C/[Si](c1ccccc1)(N1CCN(C)CC1)N1CCN(C)CC1)(OC)OC. The van der Waals surface area contributed by atoms with Crippen LogP contribution in [-0.2, 0) is 13.3 Å². The van der Waals surface area contributed by atoms with Crippen LogP contribution in [0.3, 0.4) is 0 Å². The van der Waals surface area contributed by atoms with Crippen molar-refractivity contribution in [2.75, 3.05) is 87.8 Å². The summed E-state index contributed by atoms with van der Waals surface area (Å²) in [6.45, 7) is 8.61. The van der Waals surface area contributed by atoms with Gasteiger partial charge in [-0.2, -0.15) is 0 Å². The van der Waals surface area contributed by atoms with E-state index in [2.05, 4.69) is 74.8 Å². The lowest BCUT2D eigenvalue weighted by Crippen LogP contribution is -2.76.